The zero-order chi connectivity index (χ0) is 24.6. The third-order valence-corrected chi connectivity index (χ3v) is 10.9. The fraction of sp³-hybridized carbons (Fsp3) is 0.0909. The van der Waals surface area contributed by atoms with Crippen molar-refractivity contribution >= 4 is 23.2 Å². The van der Waals surface area contributed by atoms with E-state index in [0.29, 0.717) is 6.61 Å². The molecule has 0 aromatic heterocycles. The maximum absolute atomic E-state index is 6.27. The molecule has 37 heavy (non-hydrogen) atoms. The molecule has 0 fully saturated rings. The minimum absolute atomic E-state index is 0. The quantitative estimate of drug-likeness (QED) is 0.252. The van der Waals surface area contributed by atoms with Gasteiger partial charge < -0.3 is 26.5 Å². The Morgan fingerprint density at radius 1 is 0.514 bits per heavy atom. The van der Waals surface area contributed by atoms with Gasteiger partial charge in [0, 0.05) is 0 Å². The van der Waals surface area contributed by atoms with Gasteiger partial charge in [0.15, 0.2) is 11.5 Å². The molecule has 0 spiro atoms. The standard InChI is InChI=1S/C33H30O2P.BrH/c1-34-32-23-22-28(24-33(32)35-25-27-14-6-2-7-15-27)26-36(29-16-8-3-9-17-29,30-18-10-4-11-19-30)31-20-12-5-13-21-31;/h2-24H,25-26H2,1H3;1H/q+1;/p-1. The van der Waals surface area contributed by atoms with E-state index in [0.717, 1.165) is 23.2 Å². The molecule has 2 nitrogen and oxygen atoms in total. The van der Waals surface area contributed by atoms with Crippen molar-refractivity contribution < 1.29 is 26.5 Å². The van der Waals surface area contributed by atoms with Gasteiger partial charge in [0.05, 0.1) is 13.3 Å². The number of halogens is 1. The van der Waals surface area contributed by atoms with Crippen LogP contribution in [-0.4, -0.2) is 7.11 Å². The van der Waals surface area contributed by atoms with Crippen LogP contribution in [0.15, 0.2) is 140 Å². The monoisotopic (exact) mass is 568 g/mol. The number of rotatable bonds is 9. The molecule has 0 N–H and O–H groups in total. The summed E-state index contributed by atoms with van der Waals surface area (Å²) in [5.74, 6) is 1.52. The first kappa shape index (κ1) is 26.7. The lowest BCUT2D eigenvalue weighted by molar-refractivity contribution is -0.00000759. The van der Waals surface area contributed by atoms with Gasteiger partial charge >= 0.3 is 0 Å². The van der Waals surface area contributed by atoms with Gasteiger partial charge in [0.25, 0.3) is 0 Å². The maximum atomic E-state index is 6.27. The van der Waals surface area contributed by atoms with E-state index in [1.807, 2.05) is 24.3 Å². The molecule has 5 aromatic rings. The minimum atomic E-state index is -1.99. The van der Waals surface area contributed by atoms with Crippen LogP contribution in [0.5, 0.6) is 11.5 Å². The maximum Gasteiger partial charge on any atom is 0.162 e. The molecule has 0 unspecified atom stereocenters. The summed E-state index contributed by atoms with van der Waals surface area (Å²) in [5, 5.41) is 4.10. The summed E-state index contributed by atoms with van der Waals surface area (Å²) < 4.78 is 11.9. The van der Waals surface area contributed by atoms with Crippen molar-refractivity contribution in [2.75, 3.05) is 7.11 Å². The van der Waals surface area contributed by atoms with Gasteiger partial charge in [0.2, 0.25) is 0 Å². The molecule has 5 aromatic carbocycles. The predicted octanol–water partition coefficient (Wildman–Crippen LogP) is 3.77. The topological polar surface area (TPSA) is 18.5 Å². The Morgan fingerprint density at radius 2 is 0.973 bits per heavy atom. The Balaban J connectivity index is 0.00000320. The second-order valence-electron chi connectivity index (χ2n) is 8.73. The van der Waals surface area contributed by atoms with Gasteiger partial charge in [-0.1, -0.05) is 91.0 Å². The molecule has 0 saturated carbocycles. The summed E-state index contributed by atoms with van der Waals surface area (Å²) in [6, 6.07) is 49.5. The summed E-state index contributed by atoms with van der Waals surface area (Å²) in [5.41, 5.74) is 2.36. The molecule has 0 radical (unpaired) electrons. The van der Waals surface area contributed by atoms with Crippen molar-refractivity contribution in [2.24, 2.45) is 0 Å². The summed E-state index contributed by atoms with van der Waals surface area (Å²) in [7, 11) is -0.298. The summed E-state index contributed by atoms with van der Waals surface area (Å²) in [4.78, 5) is 0. The number of methoxy groups -OCH3 is 1. The average molecular weight is 569 g/mol. The van der Waals surface area contributed by atoms with Crippen LogP contribution in [0.25, 0.3) is 0 Å². The van der Waals surface area contributed by atoms with Crippen LogP contribution >= 0.6 is 7.26 Å². The van der Waals surface area contributed by atoms with Gasteiger partial charge in [-0.25, -0.2) is 0 Å². The van der Waals surface area contributed by atoms with Crippen LogP contribution < -0.4 is 42.4 Å². The summed E-state index contributed by atoms with van der Waals surface area (Å²) in [6.07, 6.45) is 0.886. The van der Waals surface area contributed by atoms with E-state index in [1.165, 1.54) is 21.5 Å². The number of hydrogen-bond acceptors (Lipinski definition) is 2. The van der Waals surface area contributed by atoms with E-state index in [2.05, 4.69) is 115 Å². The molecule has 5 rings (SSSR count). The van der Waals surface area contributed by atoms with Gasteiger partial charge in [0.1, 0.15) is 29.8 Å². The zero-order valence-electron chi connectivity index (χ0n) is 20.8. The molecule has 0 saturated heterocycles. The lowest BCUT2D eigenvalue weighted by atomic mass is 10.2. The summed E-state index contributed by atoms with van der Waals surface area (Å²) in [6.45, 7) is 0.497. The van der Waals surface area contributed by atoms with Crippen LogP contribution in [-0.2, 0) is 12.8 Å². The van der Waals surface area contributed by atoms with Crippen LogP contribution in [0.2, 0.25) is 0 Å². The first-order valence-corrected chi connectivity index (χ1v) is 14.2. The largest absolute Gasteiger partial charge is 1.00 e. The first-order chi connectivity index (χ1) is 17.8. The van der Waals surface area contributed by atoms with Crippen LogP contribution in [0, 0.1) is 0 Å². The normalized spacial score (nSPS) is 10.8. The molecule has 0 aliphatic rings. The zero-order valence-corrected chi connectivity index (χ0v) is 23.3. The van der Waals surface area contributed by atoms with Gasteiger partial charge in [-0.15, -0.1) is 0 Å². The van der Waals surface area contributed by atoms with E-state index in [9.17, 15) is 0 Å². The van der Waals surface area contributed by atoms with Crippen molar-refractivity contribution in [3.8, 4) is 11.5 Å². The Hall–Kier alpha value is -3.39. The van der Waals surface area contributed by atoms with Crippen LogP contribution in [0.1, 0.15) is 11.1 Å². The Morgan fingerprint density at radius 3 is 1.43 bits per heavy atom. The van der Waals surface area contributed by atoms with E-state index in [-0.39, 0.29) is 17.0 Å². The average Bonchev–Trinajstić information content (AvgIpc) is 2.97. The second kappa shape index (κ2) is 12.7. The van der Waals surface area contributed by atoms with Gasteiger partial charge in [-0.2, -0.15) is 0 Å². The molecule has 0 heterocycles. The van der Waals surface area contributed by atoms with Crippen molar-refractivity contribution in [3.05, 3.63) is 151 Å². The number of ether oxygens (including phenoxy) is 2. The fourth-order valence-electron chi connectivity index (χ4n) is 4.71. The van der Waals surface area contributed by atoms with E-state index < -0.39 is 7.26 Å². The smallest absolute Gasteiger partial charge is 0.162 e. The van der Waals surface area contributed by atoms with Crippen molar-refractivity contribution in [1.82, 2.24) is 0 Å². The third-order valence-electron chi connectivity index (χ3n) is 6.48. The van der Waals surface area contributed by atoms with Gasteiger partial charge in [-0.3, -0.25) is 0 Å². The van der Waals surface area contributed by atoms with Crippen molar-refractivity contribution in [1.29, 1.82) is 0 Å². The fourth-order valence-corrected chi connectivity index (χ4v) is 8.94. The lowest BCUT2D eigenvalue weighted by Crippen LogP contribution is -3.00. The van der Waals surface area contributed by atoms with E-state index in [1.54, 1.807) is 7.11 Å². The molecule has 4 heteroatoms. The Kier molecular flexibility index (Phi) is 9.17. The Bertz CT molecular complexity index is 1280. The molecule has 0 aliphatic heterocycles. The summed E-state index contributed by atoms with van der Waals surface area (Å²) >= 11 is 0. The van der Waals surface area contributed by atoms with Crippen molar-refractivity contribution in [2.45, 2.75) is 12.8 Å². The van der Waals surface area contributed by atoms with Crippen molar-refractivity contribution in [3.63, 3.8) is 0 Å². The van der Waals surface area contributed by atoms with E-state index in [4.69, 9.17) is 9.47 Å². The third kappa shape index (κ3) is 5.96. The SMILES string of the molecule is COc1ccc(C[P+](c2ccccc2)(c2ccccc2)c2ccccc2)cc1OCc1ccccc1.[Br-]. The highest BCUT2D eigenvalue weighted by atomic mass is 79.9. The molecule has 186 valence electrons. The molecule has 0 amide bonds. The highest BCUT2D eigenvalue weighted by Gasteiger charge is 2.45. The highest BCUT2D eigenvalue weighted by molar-refractivity contribution is 7.95. The minimum Gasteiger partial charge on any atom is -1.00 e. The second-order valence-corrected chi connectivity index (χ2v) is 12.2. The molecule has 0 atom stereocenters. The Labute approximate surface area is 231 Å². The first-order valence-electron chi connectivity index (χ1n) is 12.2. The lowest BCUT2D eigenvalue weighted by Gasteiger charge is -2.28. The molecular weight excluding hydrogens is 539 g/mol. The van der Waals surface area contributed by atoms with Gasteiger partial charge in [-0.05, 0) is 59.7 Å². The molecular formula is C33H30BrO2P. The predicted molar refractivity (Wildman–Crippen MR) is 153 cm³/mol. The number of hydrogen-bond donors (Lipinski definition) is 0. The number of benzene rings is 5. The highest BCUT2D eigenvalue weighted by Crippen LogP contribution is 2.58. The molecule has 0 aliphatic carbocycles. The molecule has 0 bridgehead atoms. The van der Waals surface area contributed by atoms with Crippen LogP contribution in [0.4, 0.5) is 0 Å². The van der Waals surface area contributed by atoms with Crippen LogP contribution in [0.3, 0.4) is 0 Å². The van der Waals surface area contributed by atoms with E-state index >= 15 is 0 Å².